The van der Waals surface area contributed by atoms with Gasteiger partial charge in [-0.15, -0.1) is 11.8 Å². The number of hydrogen-bond acceptors (Lipinski definition) is 5. The number of pyridine rings is 1. The predicted octanol–water partition coefficient (Wildman–Crippen LogP) is 8.40. The van der Waals surface area contributed by atoms with Crippen LogP contribution in [-0.4, -0.2) is 59.6 Å². The van der Waals surface area contributed by atoms with Crippen LogP contribution >= 0.6 is 11.8 Å². The van der Waals surface area contributed by atoms with Gasteiger partial charge in [0.15, 0.2) is 17.1 Å². The Morgan fingerprint density at radius 1 is 0.942 bits per heavy atom. The molecule has 0 atom stereocenters. The molecule has 5 aromatic rings. The zero-order chi connectivity index (χ0) is 42.2. The van der Waals surface area contributed by atoms with E-state index in [1.165, 1.54) is 48.4 Å². The highest BCUT2D eigenvalue weighted by molar-refractivity contribution is 7.98. The molecule has 0 unspecified atom stereocenters. The van der Waals surface area contributed by atoms with Crippen molar-refractivity contribution in [2.45, 2.75) is 48.8 Å². The normalized spacial score (nSPS) is 16.7. The number of ether oxygens (including phenoxy) is 1. The van der Waals surface area contributed by atoms with E-state index in [0.717, 1.165) is 41.0 Å². The van der Waals surface area contributed by atoms with Crippen LogP contribution in [0, 0.1) is 11.6 Å². The van der Waals surface area contributed by atoms with Crippen LogP contribution in [0.5, 0.6) is 0 Å². The monoisotopic (exact) mass is 741 g/mol. The molecule has 1 amide bonds. The number of para-hydroxylation sites is 1. The first kappa shape index (κ1) is 30.0. The maximum absolute atomic E-state index is 14.9. The van der Waals surface area contributed by atoms with Gasteiger partial charge in [0.05, 0.1) is 25.5 Å². The fourth-order valence-electron chi connectivity index (χ4n) is 6.00. The summed E-state index contributed by atoms with van der Waals surface area (Å²) in [5.41, 5.74) is -3.31. The van der Waals surface area contributed by atoms with Gasteiger partial charge in [-0.3, -0.25) is 9.59 Å². The predicted molar refractivity (Wildman–Crippen MR) is 193 cm³/mol. The molecule has 1 saturated heterocycles. The Balaban J connectivity index is 1.40. The van der Waals surface area contributed by atoms with Gasteiger partial charge >= 0.3 is 6.18 Å². The Kier molecular flexibility index (Phi) is 9.48. The third kappa shape index (κ3) is 8.74. The molecular weight excluding hydrogens is 698 g/mol. The number of nitrogens with zero attached hydrogens (tertiary/aromatic N) is 3. The van der Waals surface area contributed by atoms with E-state index >= 15 is 0 Å². The number of rotatable bonds is 12. The van der Waals surface area contributed by atoms with Crippen LogP contribution in [0.25, 0.3) is 22.0 Å². The Morgan fingerprint density at radius 2 is 1.62 bits per heavy atom. The SMILES string of the molecule is [2H]C([2H])(Sc1cc(=O)c2ccccc2n1C([2H])([2H])C(=O)N(Cc1ccc(-c2ccc(C(F)(F)F)cc2)cc1)C1CCN(C([2H])([2H])COC)CC1)c1cccc(F)c1F. The Hall–Kier alpha value is -4.52. The van der Waals surface area contributed by atoms with Crippen LogP contribution in [-0.2, 0) is 34.5 Å². The molecule has 0 radical (unpaired) electrons. The molecule has 1 fully saturated rings. The molecule has 1 aliphatic rings. The second kappa shape index (κ2) is 16.4. The summed E-state index contributed by atoms with van der Waals surface area (Å²) in [6, 6.07) is 20.4. The van der Waals surface area contributed by atoms with Crippen LogP contribution in [0.15, 0.2) is 107 Å². The van der Waals surface area contributed by atoms with E-state index in [2.05, 4.69) is 0 Å². The maximum Gasteiger partial charge on any atom is 0.416 e. The number of piperidine rings is 1. The Labute approximate surface area is 311 Å². The molecule has 0 saturated carbocycles. The molecule has 4 aromatic carbocycles. The number of thioether (sulfide) groups is 1. The van der Waals surface area contributed by atoms with Crippen molar-refractivity contribution < 1.29 is 39.7 Å². The summed E-state index contributed by atoms with van der Waals surface area (Å²) in [7, 11) is 1.38. The van der Waals surface area contributed by atoms with Gasteiger partial charge in [-0.05, 0) is 59.9 Å². The van der Waals surface area contributed by atoms with Crippen molar-refractivity contribution >= 4 is 28.6 Å². The zero-order valence-electron chi connectivity index (χ0n) is 33.9. The molecule has 0 bridgehead atoms. The number of halogens is 5. The number of hydrogen-bond donors (Lipinski definition) is 0. The Bertz CT molecular complexity index is 2340. The topological polar surface area (TPSA) is 54.8 Å². The van der Waals surface area contributed by atoms with E-state index in [-0.39, 0.29) is 66.8 Å². The van der Waals surface area contributed by atoms with Crippen molar-refractivity contribution in [1.82, 2.24) is 14.4 Å². The number of carbonyl (C=O) groups excluding carboxylic acids is 1. The van der Waals surface area contributed by atoms with Crippen LogP contribution in [0.2, 0.25) is 0 Å². The molecule has 1 aliphatic heterocycles. The summed E-state index contributed by atoms with van der Waals surface area (Å²) in [4.78, 5) is 31.2. The van der Waals surface area contributed by atoms with Gasteiger partial charge in [0.2, 0.25) is 5.91 Å². The molecule has 52 heavy (non-hydrogen) atoms. The molecule has 12 heteroatoms. The first-order chi connectivity index (χ1) is 27.2. The Morgan fingerprint density at radius 3 is 2.29 bits per heavy atom. The van der Waals surface area contributed by atoms with Gasteiger partial charge in [-0.25, -0.2) is 8.78 Å². The number of carbonyl (C=O) groups is 1. The lowest BCUT2D eigenvalue weighted by Crippen LogP contribution is -2.48. The lowest BCUT2D eigenvalue weighted by atomic mass is 10.00. The average Bonchev–Trinajstić information content (AvgIpc) is 3.17. The number of aromatic nitrogens is 1. The molecule has 6 rings (SSSR count). The van der Waals surface area contributed by atoms with E-state index in [4.69, 9.17) is 10.2 Å². The minimum Gasteiger partial charge on any atom is -0.383 e. The lowest BCUT2D eigenvalue weighted by Gasteiger charge is -2.39. The first-order valence-corrected chi connectivity index (χ1v) is 17.2. The second-order valence-corrected chi connectivity index (χ2v) is 13.0. The van der Waals surface area contributed by atoms with E-state index in [0.29, 0.717) is 16.7 Å². The highest BCUT2D eigenvalue weighted by atomic mass is 32.2. The molecule has 1 aromatic heterocycles. The minimum absolute atomic E-state index is 0.0140. The van der Waals surface area contributed by atoms with Gasteiger partial charge < -0.3 is 19.1 Å². The highest BCUT2D eigenvalue weighted by Crippen LogP contribution is 2.32. The summed E-state index contributed by atoms with van der Waals surface area (Å²) in [5, 5.41) is -0.362. The second-order valence-electron chi connectivity index (χ2n) is 12.1. The summed E-state index contributed by atoms with van der Waals surface area (Å²) in [6.07, 6.45) is -4.05. The number of fused-ring (bicyclic) bond motifs is 1. The zero-order valence-corrected chi connectivity index (χ0v) is 28.7. The molecular formula is C40H38F5N3O3S. The molecule has 6 nitrogen and oxygen atoms in total. The molecule has 0 spiro atoms. The number of likely N-dealkylation sites (tertiary alicyclic amines) is 1. The molecule has 2 heterocycles. The van der Waals surface area contributed by atoms with Crippen molar-refractivity contribution in [2.75, 3.05) is 33.3 Å². The fourth-order valence-corrected chi connectivity index (χ4v) is 6.77. The van der Waals surface area contributed by atoms with E-state index < -0.39 is 65.0 Å². The van der Waals surface area contributed by atoms with Crippen molar-refractivity contribution in [3.63, 3.8) is 0 Å². The highest BCUT2D eigenvalue weighted by Gasteiger charge is 2.31. The smallest absolute Gasteiger partial charge is 0.383 e. The van der Waals surface area contributed by atoms with Gasteiger partial charge in [-0.2, -0.15) is 13.2 Å². The van der Waals surface area contributed by atoms with Crippen LogP contribution in [0.1, 0.15) is 37.8 Å². The van der Waals surface area contributed by atoms with E-state index in [9.17, 15) is 34.3 Å². The summed E-state index contributed by atoms with van der Waals surface area (Å²) in [5.74, 6) is -3.86. The molecule has 0 N–H and O–H groups in total. The van der Waals surface area contributed by atoms with Crippen molar-refractivity contribution in [2.24, 2.45) is 0 Å². The maximum atomic E-state index is 14.9. The fraction of sp³-hybridized carbons (Fsp3) is 0.300. The largest absolute Gasteiger partial charge is 0.416 e. The van der Waals surface area contributed by atoms with Crippen molar-refractivity contribution in [3.8, 4) is 11.1 Å². The summed E-state index contributed by atoms with van der Waals surface area (Å²) >= 11 is 0.239. The average molecular weight is 742 g/mol. The number of methoxy groups -OCH3 is 1. The van der Waals surface area contributed by atoms with Gasteiger partial charge in [-0.1, -0.05) is 60.7 Å². The third-order valence-electron chi connectivity index (χ3n) is 8.76. The van der Waals surface area contributed by atoms with E-state index in [1.54, 1.807) is 29.2 Å². The van der Waals surface area contributed by atoms with Crippen LogP contribution in [0.3, 0.4) is 0 Å². The number of benzene rings is 4. The van der Waals surface area contributed by atoms with Crippen molar-refractivity contribution in [3.05, 3.63) is 136 Å². The lowest BCUT2D eigenvalue weighted by molar-refractivity contribution is -0.137. The molecule has 0 aliphatic carbocycles. The van der Waals surface area contributed by atoms with Crippen LogP contribution in [0.4, 0.5) is 22.0 Å². The van der Waals surface area contributed by atoms with Crippen LogP contribution < -0.4 is 5.43 Å². The van der Waals surface area contributed by atoms with Gasteiger partial charge in [0.1, 0.15) is 6.50 Å². The van der Waals surface area contributed by atoms with Gasteiger partial charge in [0.25, 0.3) is 0 Å². The first-order valence-electron chi connectivity index (χ1n) is 19.3. The van der Waals surface area contributed by atoms with Gasteiger partial charge in [0, 0.05) is 67.5 Å². The summed E-state index contributed by atoms with van der Waals surface area (Å²) < 4.78 is 128. The minimum atomic E-state index is -4.50. The quantitative estimate of drug-likeness (QED) is 0.0951. The third-order valence-corrected chi connectivity index (χ3v) is 9.59. The number of alkyl halides is 3. The van der Waals surface area contributed by atoms with E-state index in [1.807, 2.05) is 0 Å². The number of amides is 1. The van der Waals surface area contributed by atoms with Crippen molar-refractivity contribution in [1.29, 1.82) is 0 Å². The summed E-state index contributed by atoms with van der Waals surface area (Å²) in [6.45, 7) is -4.85. The molecule has 272 valence electrons. The standard InChI is InChI=1S/C40H38F5N3O3S/c1-51-22-21-46-19-17-32(18-20-46)47(24-27-9-11-28(12-10-27)29-13-15-31(16-14-29)40(43,44)45)37(50)25-48-35-8-3-2-6-33(35)36(49)23-38(48)52-26-30-5-4-7-34(41)39(30)42/h2-16,23,32H,17-22,24-26H2,1H3/i21D2,25D2,26D2.